The van der Waals surface area contributed by atoms with Crippen LogP contribution < -0.4 is 4.74 Å². The van der Waals surface area contributed by atoms with Crippen LogP contribution in [0.1, 0.15) is 76.2 Å². The molecule has 0 bridgehead atoms. The van der Waals surface area contributed by atoms with Crippen molar-refractivity contribution in [3.63, 3.8) is 0 Å². The summed E-state index contributed by atoms with van der Waals surface area (Å²) in [4.78, 5) is 17.6. The number of ether oxygens (including phenoxy) is 1. The van der Waals surface area contributed by atoms with Gasteiger partial charge in [-0.15, -0.1) is 0 Å². The van der Waals surface area contributed by atoms with Crippen LogP contribution in [0, 0.1) is 11.7 Å². The minimum Gasteiger partial charge on any atom is -0.493 e. The van der Waals surface area contributed by atoms with Gasteiger partial charge in [0.1, 0.15) is 11.6 Å². The zero-order chi connectivity index (χ0) is 19.0. The van der Waals surface area contributed by atoms with Crippen LogP contribution in [0.15, 0.2) is 18.2 Å². The first-order chi connectivity index (χ1) is 12.4. The SMILES string of the molecule is CCCCC1CCC(c2ccc(OCCCCP(=O)(O)O)cc2F)CC1. The molecule has 0 aliphatic heterocycles. The fourth-order valence-electron chi connectivity index (χ4n) is 3.79. The molecule has 1 saturated carbocycles. The van der Waals surface area contributed by atoms with Gasteiger partial charge in [0.25, 0.3) is 0 Å². The zero-order valence-electron chi connectivity index (χ0n) is 15.7. The number of unbranched alkanes of at least 4 members (excludes halogenated alkanes) is 2. The van der Waals surface area contributed by atoms with E-state index in [0.717, 1.165) is 24.3 Å². The molecule has 0 heterocycles. The first kappa shape index (κ1) is 21.4. The van der Waals surface area contributed by atoms with Gasteiger partial charge in [-0.2, -0.15) is 0 Å². The van der Waals surface area contributed by atoms with Crippen molar-refractivity contribution in [2.75, 3.05) is 12.8 Å². The number of hydrogen-bond donors (Lipinski definition) is 2. The highest BCUT2D eigenvalue weighted by molar-refractivity contribution is 7.51. The smallest absolute Gasteiger partial charge is 0.325 e. The summed E-state index contributed by atoms with van der Waals surface area (Å²) in [5, 5.41) is 0. The first-order valence-electron chi connectivity index (χ1n) is 9.86. The largest absolute Gasteiger partial charge is 0.493 e. The normalized spacial score (nSPS) is 20.9. The van der Waals surface area contributed by atoms with Crippen LogP contribution in [-0.2, 0) is 4.57 Å². The molecular formula is C20H32FO4P. The zero-order valence-corrected chi connectivity index (χ0v) is 16.6. The molecule has 1 fully saturated rings. The van der Waals surface area contributed by atoms with E-state index in [4.69, 9.17) is 14.5 Å². The van der Waals surface area contributed by atoms with Crippen LogP contribution in [0.5, 0.6) is 5.75 Å². The van der Waals surface area contributed by atoms with Gasteiger partial charge in [0.2, 0.25) is 0 Å². The number of rotatable bonds is 10. The Hall–Kier alpha value is -0.900. The first-order valence-corrected chi connectivity index (χ1v) is 11.7. The lowest BCUT2D eigenvalue weighted by molar-refractivity contribution is 0.296. The summed E-state index contributed by atoms with van der Waals surface area (Å²) in [6.07, 6.45) is 9.16. The predicted molar refractivity (Wildman–Crippen MR) is 102 cm³/mol. The van der Waals surface area contributed by atoms with Crippen LogP contribution in [0.3, 0.4) is 0 Å². The van der Waals surface area contributed by atoms with Gasteiger partial charge in [-0.05, 0) is 62.0 Å². The van der Waals surface area contributed by atoms with Gasteiger partial charge in [0.15, 0.2) is 0 Å². The van der Waals surface area contributed by atoms with E-state index < -0.39 is 7.60 Å². The Bertz CT molecular complexity index is 593. The molecule has 1 aliphatic rings. The van der Waals surface area contributed by atoms with Gasteiger partial charge in [-0.1, -0.05) is 32.3 Å². The van der Waals surface area contributed by atoms with Gasteiger partial charge in [0, 0.05) is 12.2 Å². The highest BCUT2D eigenvalue weighted by Crippen LogP contribution is 2.39. The maximum atomic E-state index is 14.5. The molecule has 4 nitrogen and oxygen atoms in total. The lowest BCUT2D eigenvalue weighted by atomic mass is 9.77. The molecule has 1 aromatic carbocycles. The Balaban J connectivity index is 1.77. The summed E-state index contributed by atoms with van der Waals surface area (Å²) < 4.78 is 30.8. The van der Waals surface area contributed by atoms with Gasteiger partial charge < -0.3 is 14.5 Å². The maximum Gasteiger partial charge on any atom is 0.325 e. The Morgan fingerprint density at radius 2 is 1.88 bits per heavy atom. The Kier molecular flexibility index (Phi) is 8.59. The molecule has 0 atom stereocenters. The van der Waals surface area contributed by atoms with Gasteiger partial charge >= 0.3 is 7.60 Å². The van der Waals surface area contributed by atoms with Crippen molar-refractivity contribution in [2.45, 2.75) is 70.6 Å². The molecule has 0 radical (unpaired) electrons. The number of hydrogen-bond acceptors (Lipinski definition) is 2. The Labute approximate surface area is 156 Å². The highest BCUT2D eigenvalue weighted by atomic mass is 31.2. The molecule has 26 heavy (non-hydrogen) atoms. The lowest BCUT2D eigenvalue weighted by Gasteiger charge is -2.29. The summed E-state index contributed by atoms with van der Waals surface area (Å²) >= 11 is 0. The summed E-state index contributed by atoms with van der Waals surface area (Å²) in [6, 6.07) is 5.10. The summed E-state index contributed by atoms with van der Waals surface area (Å²) in [6.45, 7) is 2.56. The predicted octanol–water partition coefficient (Wildman–Crippen LogP) is 5.63. The van der Waals surface area contributed by atoms with E-state index in [0.29, 0.717) is 31.1 Å². The molecule has 2 rings (SSSR count). The lowest BCUT2D eigenvalue weighted by Crippen LogP contribution is -2.14. The topological polar surface area (TPSA) is 66.8 Å². The molecule has 0 unspecified atom stereocenters. The molecule has 0 spiro atoms. The van der Waals surface area contributed by atoms with Crippen molar-refractivity contribution in [1.29, 1.82) is 0 Å². The van der Waals surface area contributed by atoms with E-state index in [1.54, 1.807) is 0 Å². The van der Waals surface area contributed by atoms with Crippen molar-refractivity contribution in [1.82, 2.24) is 0 Å². The number of benzene rings is 1. The van der Waals surface area contributed by atoms with E-state index in [-0.39, 0.29) is 12.0 Å². The monoisotopic (exact) mass is 386 g/mol. The van der Waals surface area contributed by atoms with E-state index in [1.165, 1.54) is 38.2 Å². The highest BCUT2D eigenvalue weighted by Gasteiger charge is 2.24. The van der Waals surface area contributed by atoms with Crippen molar-refractivity contribution >= 4 is 7.60 Å². The van der Waals surface area contributed by atoms with E-state index in [2.05, 4.69) is 6.92 Å². The van der Waals surface area contributed by atoms with Crippen molar-refractivity contribution in [2.24, 2.45) is 5.92 Å². The third kappa shape index (κ3) is 7.38. The second kappa shape index (κ2) is 10.4. The minimum absolute atomic E-state index is 0.134. The van der Waals surface area contributed by atoms with Crippen LogP contribution in [-0.4, -0.2) is 22.6 Å². The van der Waals surface area contributed by atoms with Gasteiger partial charge in [-0.25, -0.2) is 4.39 Å². The quantitative estimate of drug-likeness (QED) is 0.404. The third-order valence-corrected chi connectivity index (χ3v) is 6.24. The molecule has 0 aromatic heterocycles. The van der Waals surface area contributed by atoms with E-state index >= 15 is 0 Å². The second-order valence-electron chi connectivity index (χ2n) is 7.49. The van der Waals surface area contributed by atoms with Crippen molar-refractivity contribution in [3.8, 4) is 5.75 Å². The summed E-state index contributed by atoms with van der Waals surface area (Å²) in [5.74, 6) is 1.41. The molecule has 2 N–H and O–H groups in total. The summed E-state index contributed by atoms with van der Waals surface area (Å²) in [7, 11) is -3.93. The maximum absolute atomic E-state index is 14.5. The number of halogens is 1. The van der Waals surface area contributed by atoms with E-state index in [1.807, 2.05) is 12.1 Å². The van der Waals surface area contributed by atoms with Crippen LogP contribution >= 0.6 is 7.60 Å². The average molecular weight is 386 g/mol. The molecule has 148 valence electrons. The Morgan fingerprint density at radius 1 is 1.15 bits per heavy atom. The molecule has 1 aliphatic carbocycles. The van der Waals surface area contributed by atoms with E-state index in [9.17, 15) is 8.96 Å². The van der Waals surface area contributed by atoms with Crippen molar-refractivity contribution < 1.29 is 23.5 Å². The molecular weight excluding hydrogens is 354 g/mol. The summed E-state index contributed by atoms with van der Waals surface area (Å²) in [5.41, 5.74) is 0.799. The second-order valence-corrected chi connectivity index (χ2v) is 9.26. The average Bonchev–Trinajstić information content (AvgIpc) is 2.59. The van der Waals surface area contributed by atoms with Gasteiger partial charge in [0.05, 0.1) is 6.61 Å². The fraction of sp³-hybridized carbons (Fsp3) is 0.700. The molecule has 6 heteroatoms. The molecule has 0 saturated heterocycles. The van der Waals surface area contributed by atoms with Gasteiger partial charge in [-0.3, -0.25) is 4.57 Å². The molecule has 0 amide bonds. The fourth-order valence-corrected chi connectivity index (χ4v) is 4.43. The molecule has 1 aromatic rings. The minimum atomic E-state index is -3.93. The standard InChI is InChI=1S/C20H32FO4P/c1-2-3-6-16-7-9-17(10-8-16)19-12-11-18(15-20(19)21)25-13-4-5-14-26(22,23)24/h11-12,15-17H,2-10,13-14H2,1H3,(H2,22,23,24). The van der Waals surface area contributed by atoms with Crippen LogP contribution in [0.2, 0.25) is 0 Å². The Morgan fingerprint density at radius 3 is 2.50 bits per heavy atom. The third-order valence-electron chi connectivity index (χ3n) is 5.34. The van der Waals surface area contributed by atoms with Crippen molar-refractivity contribution in [3.05, 3.63) is 29.6 Å². The van der Waals surface area contributed by atoms with Crippen LogP contribution in [0.25, 0.3) is 0 Å². The van der Waals surface area contributed by atoms with Crippen LogP contribution in [0.4, 0.5) is 4.39 Å².